The maximum atomic E-state index is 13.3. The lowest BCUT2D eigenvalue weighted by Crippen LogP contribution is -2.44. The second kappa shape index (κ2) is 9.60. The highest BCUT2D eigenvalue weighted by molar-refractivity contribution is 6.04. The number of carbonyl (C=O) groups is 1. The van der Waals surface area contributed by atoms with E-state index in [1.807, 2.05) is 24.6 Å². The number of aromatic nitrogens is 5. The summed E-state index contributed by atoms with van der Waals surface area (Å²) in [4.78, 5) is 27.2. The summed E-state index contributed by atoms with van der Waals surface area (Å²) in [5, 5.41) is 17.9. The van der Waals surface area contributed by atoms with Crippen LogP contribution in [-0.2, 0) is 13.6 Å². The summed E-state index contributed by atoms with van der Waals surface area (Å²) >= 11 is 0. The Bertz CT molecular complexity index is 1440. The van der Waals surface area contributed by atoms with E-state index < -0.39 is 5.60 Å². The molecule has 1 aliphatic heterocycles. The van der Waals surface area contributed by atoms with E-state index in [0.717, 1.165) is 54.2 Å². The fourth-order valence-corrected chi connectivity index (χ4v) is 4.66. The third-order valence-electron chi connectivity index (χ3n) is 6.90. The first-order valence-corrected chi connectivity index (χ1v) is 12.5. The van der Waals surface area contributed by atoms with Crippen LogP contribution in [0.3, 0.4) is 0 Å². The number of fused-ring (bicyclic) bond motifs is 1. The summed E-state index contributed by atoms with van der Waals surface area (Å²) < 4.78 is 3.65. The van der Waals surface area contributed by atoms with E-state index in [9.17, 15) is 9.90 Å². The predicted molar refractivity (Wildman–Crippen MR) is 145 cm³/mol. The van der Waals surface area contributed by atoms with Gasteiger partial charge in [0.05, 0.1) is 35.1 Å². The van der Waals surface area contributed by atoms with Gasteiger partial charge in [-0.1, -0.05) is 0 Å². The summed E-state index contributed by atoms with van der Waals surface area (Å²) in [6, 6.07) is 9.61. The first-order chi connectivity index (χ1) is 17.6. The van der Waals surface area contributed by atoms with E-state index >= 15 is 0 Å². The second-order valence-electron chi connectivity index (χ2n) is 10.4. The van der Waals surface area contributed by atoms with E-state index in [-0.39, 0.29) is 12.5 Å². The van der Waals surface area contributed by atoms with Crippen LogP contribution in [0.4, 0.5) is 11.6 Å². The van der Waals surface area contributed by atoms with Crippen molar-refractivity contribution in [2.24, 2.45) is 7.05 Å². The highest BCUT2D eigenvalue weighted by atomic mass is 16.3. The van der Waals surface area contributed by atoms with Crippen LogP contribution in [-0.4, -0.2) is 79.1 Å². The number of piperazine rings is 1. The first-order valence-electron chi connectivity index (χ1n) is 12.5. The van der Waals surface area contributed by atoms with Gasteiger partial charge in [-0.25, -0.2) is 4.98 Å². The molecule has 0 radical (unpaired) electrons. The Balaban J connectivity index is 1.47. The minimum Gasteiger partial charge on any atom is -0.389 e. The zero-order valence-electron chi connectivity index (χ0n) is 22.1. The van der Waals surface area contributed by atoms with Crippen LogP contribution in [0.2, 0.25) is 0 Å². The van der Waals surface area contributed by atoms with Gasteiger partial charge in [0.2, 0.25) is 5.95 Å². The number of amides is 1. The SMILES string of the molecule is Cc1c(-c2cc(C(=O)Nc3nc4cc(N5CCN(C)CC5)ccc4n3CC(C)(C)O)ccn2)cnn1C. The monoisotopic (exact) mass is 502 g/mol. The minimum absolute atomic E-state index is 0.281. The van der Waals surface area contributed by atoms with Crippen molar-refractivity contribution in [3.05, 3.63) is 54.0 Å². The summed E-state index contributed by atoms with van der Waals surface area (Å²) in [6.45, 7) is 9.67. The molecule has 0 atom stereocenters. The van der Waals surface area contributed by atoms with Crippen molar-refractivity contribution >= 4 is 28.6 Å². The molecule has 1 amide bonds. The molecule has 37 heavy (non-hydrogen) atoms. The van der Waals surface area contributed by atoms with Crippen LogP contribution in [0.15, 0.2) is 42.7 Å². The van der Waals surface area contributed by atoms with E-state index in [1.165, 1.54) is 0 Å². The number of hydrogen-bond acceptors (Lipinski definition) is 7. The fraction of sp³-hybridized carbons (Fsp3) is 0.407. The molecule has 0 bridgehead atoms. The molecule has 3 aromatic heterocycles. The number of aliphatic hydroxyl groups is 1. The number of anilines is 2. The molecular weight excluding hydrogens is 468 g/mol. The molecule has 0 unspecified atom stereocenters. The number of nitrogens with one attached hydrogen (secondary N) is 1. The summed E-state index contributed by atoms with van der Waals surface area (Å²) in [5.74, 6) is 0.102. The quantitative estimate of drug-likeness (QED) is 0.418. The number of likely N-dealkylation sites (N-methyl/N-ethyl adjacent to an activating group) is 1. The lowest BCUT2D eigenvalue weighted by Gasteiger charge is -2.34. The molecule has 4 heterocycles. The maximum Gasteiger partial charge on any atom is 0.258 e. The highest BCUT2D eigenvalue weighted by Gasteiger charge is 2.22. The number of rotatable bonds is 6. The largest absolute Gasteiger partial charge is 0.389 e. The number of aryl methyl sites for hydroxylation is 1. The first kappa shape index (κ1) is 24.9. The molecule has 5 rings (SSSR count). The van der Waals surface area contributed by atoms with Gasteiger partial charge in [0.25, 0.3) is 5.91 Å². The average molecular weight is 503 g/mol. The zero-order valence-corrected chi connectivity index (χ0v) is 22.1. The molecule has 194 valence electrons. The zero-order chi connectivity index (χ0) is 26.3. The predicted octanol–water partition coefficient (Wildman–Crippen LogP) is 2.92. The molecule has 0 spiro atoms. The van der Waals surface area contributed by atoms with Gasteiger partial charge in [0, 0.05) is 61.9 Å². The molecule has 1 fully saturated rings. The van der Waals surface area contributed by atoms with Gasteiger partial charge in [0.1, 0.15) is 0 Å². The Morgan fingerprint density at radius 2 is 1.86 bits per heavy atom. The van der Waals surface area contributed by atoms with Crippen LogP contribution < -0.4 is 10.2 Å². The molecule has 2 N–H and O–H groups in total. The lowest BCUT2D eigenvalue weighted by atomic mass is 10.1. The van der Waals surface area contributed by atoms with Crippen molar-refractivity contribution < 1.29 is 9.90 Å². The molecular formula is C27H34N8O2. The van der Waals surface area contributed by atoms with Gasteiger partial charge < -0.3 is 19.5 Å². The maximum absolute atomic E-state index is 13.3. The summed E-state index contributed by atoms with van der Waals surface area (Å²) in [6.07, 6.45) is 3.37. The molecule has 10 nitrogen and oxygen atoms in total. The fourth-order valence-electron chi connectivity index (χ4n) is 4.66. The number of nitrogens with zero attached hydrogens (tertiary/aromatic N) is 7. The number of hydrogen-bond donors (Lipinski definition) is 2. The van der Waals surface area contributed by atoms with Crippen LogP contribution in [0.25, 0.3) is 22.3 Å². The summed E-state index contributed by atoms with van der Waals surface area (Å²) in [7, 11) is 4.01. The van der Waals surface area contributed by atoms with Crippen LogP contribution >= 0.6 is 0 Å². The van der Waals surface area contributed by atoms with Crippen LogP contribution in [0.1, 0.15) is 29.9 Å². The number of benzene rings is 1. The lowest BCUT2D eigenvalue weighted by molar-refractivity contribution is 0.0630. The molecule has 1 saturated heterocycles. The third-order valence-corrected chi connectivity index (χ3v) is 6.90. The van der Waals surface area contributed by atoms with Crippen LogP contribution in [0, 0.1) is 6.92 Å². The van der Waals surface area contributed by atoms with Gasteiger partial charge in [-0.2, -0.15) is 5.10 Å². The Morgan fingerprint density at radius 3 is 2.54 bits per heavy atom. The van der Waals surface area contributed by atoms with Crippen molar-refractivity contribution in [1.29, 1.82) is 0 Å². The van der Waals surface area contributed by atoms with Crippen molar-refractivity contribution in [2.45, 2.75) is 32.9 Å². The van der Waals surface area contributed by atoms with Crippen molar-refractivity contribution in [2.75, 3.05) is 43.4 Å². The highest BCUT2D eigenvalue weighted by Crippen LogP contribution is 2.28. The smallest absolute Gasteiger partial charge is 0.258 e. The van der Waals surface area contributed by atoms with Crippen molar-refractivity contribution in [1.82, 2.24) is 29.2 Å². The third kappa shape index (κ3) is 5.21. The molecule has 0 aliphatic carbocycles. The Morgan fingerprint density at radius 1 is 1.11 bits per heavy atom. The number of carbonyl (C=O) groups excluding carboxylic acids is 1. The van der Waals surface area contributed by atoms with Gasteiger partial charge in [0.15, 0.2) is 0 Å². The van der Waals surface area contributed by atoms with E-state index in [4.69, 9.17) is 4.98 Å². The number of pyridine rings is 1. The second-order valence-corrected chi connectivity index (χ2v) is 10.4. The Kier molecular flexibility index (Phi) is 6.47. The normalized spacial score (nSPS) is 14.9. The van der Waals surface area contributed by atoms with Gasteiger partial charge >= 0.3 is 0 Å². The topological polar surface area (TPSA) is 104 Å². The molecule has 1 aromatic carbocycles. The van der Waals surface area contributed by atoms with E-state index in [1.54, 1.807) is 43.1 Å². The van der Waals surface area contributed by atoms with E-state index in [2.05, 4.69) is 44.4 Å². The average Bonchev–Trinajstić information content (AvgIpc) is 3.37. The minimum atomic E-state index is -0.995. The van der Waals surface area contributed by atoms with Crippen molar-refractivity contribution in [3.63, 3.8) is 0 Å². The van der Waals surface area contributed by atoms with Gasteiger partial charge in [-0.05, 0) is 58.2 Å². The Hall–Kier alpha value is -3.76. The van der Waals surface area contributed by atoms with Crippen molar-refractivity contribution in [3.8, 4) is 11.3 Å². The molecule has 4 aromatic rings. The molecule has 1 aliphatic rings. The summed E-state index contributed by atoms with van der Waals surface area (Å²) in [5.41, 5.74) is 4.74. The molecule has 0 saturated carbocycles. The Labute approximate surface area is 216 Å². The standard InChI is InChI=1S/C27H34N8O2/c1-18-21(16-29-33(18)5)22-14-19(8-9-28-22)25(36)31-26-30-23-15-20(34-12-10-32(4)11-13-34)6-7-24(23)35(26)17-27(2,3)37/h6-9,14-16,37H,10-13,17H2,1-5H3,(H,30,31,36). The van der Waals surface area contributed by atoms with E-state index in [0.29, 0.717) is 17.2 Å². The van der Waals surface area contributed by atoms with Gasteiger partial charge in [-0.15, -0.1) is 0 Å². The molecule has 10 heteroatoms. The number of imidazole rings is 1. The van der Waals surface area contributed by atoms with Crippen LogP contribution in [0.5, 0.6) is 0 Å². The van der Waals surface area contributed by atoms with Gasteiger partial charge in [-0.3, -0.25) is 19.8 Å².